The van der Waals surface area contributed by atoms with Crippen LogP contribution in [0.1, 0.15) is 37.8 Å². The number of benzene rings is 1. The summed E-state index contributed by atoms with van der Waals surface area (Å²) in [6.45, 7) is 3.68. The Labute approximate surface area is 113 Å². The summed E-state index contributed by atoms with van der Waals surface area (Å²) in [7, 11) is 0. The molecule has 0 spiro atoms. The Balaban J connectivity index is 2.07. The Hall–Kier alpha value is -1.46. The molecule has 5 nitrogen and oxygen atoms in total. The zero-order valence-corrected chi connectivity index (χ0v) is 11.2. The second-order valence-electron chi connectivity index (χ2n) is 4.87. The van der Waals surface area contributed by atoms with Gasteiger partial charge in [-0.15, -0.1) is 0 Å². The molecule has 19 heavy (non-hydrogen) atoms. The van der Waals surface area contributed by atoms with Gasteiger partial charge in [-0.1, -0.05) is 19.1 Å². The first kappa shape index (κ1) is 14.0. The minimum absolute atomic E-state index is 0.157. The van der Waals surface area contributed by atoms with E-state index in [9.17, 15) is 10.1 Å². The van der Waals surface area contributed by atoms with E-state index in [0.717, 1.165) is 38.0 Å². The molecule has 104 valence electrons. The van der Waals surface area contributed by atoms with Crippen molar-refractivity contribution in [1.29, 1.82) is 0 Å². The molecule has 1 saturated heterocycles. The molecule has 1 atom stereocenters. The number of nitrogens with zero attached hydrogens (tertiary/aromatic N) is 1. The van der Waals surface area contributed by atoms with E-state index in [1.807, 2.05) is 6.07 Å². The quantitative estimate of drug-likeness (QED) is 0.656. The van der Waals surface area contributed by atoms with E-state index in [-0.39, 0.29) is 16.7 Å². The van der Waals surface area contributed by atoms with Crippen LogP contribution in [0.3, 0.4) is 0 Å². The Bertz CT molecular complexity index is 430. The van der Waals surface area contributed by atoms with E-state index in [0.29, 0.717) is 6.04 Å². The number of nitro groups is 1. The van der Waals surface area contributed by atoms with Gasteiger partial charge in [-0.05, 0) is 24.8 Å². The van der Waals surface area contributed by atoms with Crippen LogP contribution in [0.25, 0.3) is 0 Å². The normalized spacial score (nSPS) is 18.2. The molecule has 1 N–H and O–H groups in total. The van der Waals surface area contributed by atoms with Gasteiger partial charge in [-0.2, -0.15) is 0 Å². The molecule has 1 heterocycles. The van der Waals surface area contributed by atoms with Crippen LogP contribution in [0.4, 0.5) is 5.69 Å². The number of non-ortho nitro benzene ring substituents is 1. The van der Waals surface area contributed by atoms with Crippen molar-refractivity contribution in [3.05, 3.63) is 39.9 Å². The minimum Gasteiger partial charge on any atom is -0.381 e. The zero-order chi connectivity index (χ0) is 13.7. The summed E-state index contributed by atoms with van der Waals surface area (Å²) in [6.07, 6.45) is 2.93. The molecule has 5 heteroatoms. The molecular weight excluding hydrogens is 244 g/mol. The van der Waals surface area contributed by atoms with E-state index < -0.39 is 0 Å². The Morgan fingerprint density at radius 1 is 1.47 bits per heavy atom. The van der Waals surface area contributed by atoms with Crippen LogP contribution in [-0.2, 0) is 4.74 Å². The molecule has 0 amide bonds. The molecule has 0 bridgehead atoms. The van der Waals surface area contributed by atoms with Gasteiger partial charge in [0.25, 0.3) is 5.69 Å². The van der Waals surface area contributed by atoms with Crippen LogP contribution in [0, 0.1) is 10.1 Å². The molecule has 0 saturated carbocycles. The lowest BCUT2D eigenvalue weighted by atomic mass is 10.0. The molecule has 1 fully saturated rings. The van der Waals surface area contributed by atoms with E-state index in [4.69, 9.17) is 4.74 Å². The molecule has 1 aliphatic rings. The van der Waals surface area contributed by atoms with Gasteiger partial charge < -0.3 is 10.1 Å². The lowest BCUT2D eigenvalue weighted by molar-refractivity contribution is -0.384. The third-order valence-electron chi connectivity index (χ3n) is 3.55. The first-order valence-corrected chi connectivity index (χ1v) is 6.79. The third-order valence-corrected chi connectivity index (χ3v) is 3.55. The molecule has 2 rings (SSSR count). The first-order valence-electron chi connectivity index (χ1n) is 6.79. The van der Waals surface area contributed by atoms with Gasteiger partial charge in [0, 0.05) is 37.4 Å². The second kappa shape index (κ2) is 6.63. The van der Waals surface area contributed by atoms with Crippen LogP contribution in [0.5, 0.6) is 0 Å². The smallest absolute Gasteiger partial charge is 0.269 e. The van der Waals surface area contributed by atoms with Gasteiger partial charge in [-0.25, -0.2) is 0 Å². The van der Waals surface area contributed by atoms with Crippen LogP contribution in [0.2, 0.25) is 0 Å². The second-order valence-corrected chi connectivity index (χ2v) is 4.87. The Morgan fingerprint density at radius 2 is 2.21 bits per heavy atom. The summed E-state index contributed by atoms with van der Waals surface area (Å²) in [6, 6.07) is 7.52. The van der Waals surface area contributed by atoms with E-state index >= 15 is 0 Å². The fraction of sp³-hybridized carbons (Fsp3) is 0.571. The number of hydrogen-bond acceptors (Lipinski definition) is 4. The van der Waals surface area contributed by atoms with Gasteiger partial charge in [-0.3, -0.25) is 10.1 Å². The number of nitrogens with one attached hydrogen (secondary N) is 1. The number of nitro benzene ring substituents is 1. The SMILES string of the molecule is CCC(NC1CCOCC1)c1cccc([N+](=O)[O-])c1. The predicted octanol–water partition coefficient (Wildman–Crippen LogP) is 2.81. The molecule has 1 aromatic rings. The zero-order valence-electron chi connectivity index (χ0n) is 11.2. The molecule has 1 unspecified atom stereocenters. The average Bonchev–Trinajstić information content (AvgIpc) is 2.46. The van der Waals surface area contributed by atoms with Crippen LogP contribution in [0.15, 0.2) is 24.3 Å². The van der Waals surface area contributed by atoms with Gasteiger partial charge in [0.05, 0.1) is 4.92 Å². The summed E-state index contributed by atoms with van der Waals surface area (Å²) in [4.78, 5) is 10.5. The van der Waals surface area contributed by atoms with Crippen molar-refractivity contribution in [3.8, 4) is 0 Å². The van der Waals surface area contributed by atoms with Gasteiger partial charge in [0.15, 0.2) is 0 Å². The lowest BCUT2D eigenvalue weighted by Crippen LogP contribution is -2.37. The first-order chi connectivity index (χ1) is 9.20. The minimum atomic E-state index is -0.343. The highest BCUT2D eigenvalue weighted by atomic mass is 16.6. The largest absolute Gasteiger partial charge is 0.381 e. The van der Waals surface area contributed by atoms with E-state index in [2.05, 4.69) is 12.2 Å². The van der Waals surface area contributed by atoms with Gasteiger partial charge >= 0.3 is 0 Å². The highest BCUT2D eigenvalue weighted by molar-refractivity contribution is 5.35. The maximum atomic E-state index is 10.8. The molecule has 1 aliphatic heterocycles. The summed E-state index contributed by atoms with van der Waals surface area (Å²) in [5.74, 6) is 0. The summed E-state index contributed by atoms with van der Waals surface area (Å²) >= 11 is 0. The van der Waals surface area contributed by atoms with Crippen LogP contribution in [-0.4, -0.2) is 24.2 Å². The van der Waals surface area contributed by atoms with Crippen molar-refractivity contribution in [1.82, 2.24) is 5.32 Å². The fourth-order valence-corrected chi connectivity index (χ4v) is 2.45. The van der Waals surface area contributed by atoms with Gasteiger partial charge in [0.2, 0.25) is 0 Å². The van der Waals surface area contributed by atoms with Crippen molar-refractivity contribution in [2.45, 2.75) is 38.3 Å². The van der Waals surface area contributed by atoms with Crippen LogP contribution >= 0.6 is 0 Å². The summed E-state index contributed by atoms with van der Waals surface area (Å²) in [5.41, 5.74) is 1.15. The highest BCUT2D eigenvalue weighted by Crippen LogP contribution is 2.23. The van der Waals surface area contributed by atoms with Crippen LogP contribution < -0.4 is 5.32 Å². The summed E-state index contributed by atoms with van der Waals surface area (Å²) < 4.78 is 5.34. The fourth-order valence-electron chi connectivity index (χ4n) is 2.45. The lowest BCUT2D eigenvalue weighted by Gasteiger charge is -2.28. The molecule has 0 aromatic heterocycles. The number of ether oxygens (including phenoxy) is 1. The van der Waals surface area contributed by atoms with Crippen molar-refractivity contribution >= 4 is 5.69 Å². The average molecular weight is 264 g/mol. The number of hydrogen-bond donors (Lipinski definition) is 1. The predicted molar refractivity (Wildman–Crippen MR) is 73.1 cm³/mol. The Kier molecular flexibility index (Phi) is 4.87. The van der Waals surface area contributed by atoms with Crippen molar-refractivity contribution in [2.75, 3.05) is 13.2 Å². The molecule has 1 aromatic carbocycles. The standard InChI is InChI=1S/C14H20N2O3/c1-2-14(15-12-6-8-19-9-7-12)11-4-3-5-13(10-11)16(17)18/h3-5,10,12,14-15H,2,6-9H2,1H3. The van der Waals surface area contributed by atoms with Crippen molar-refractivity contribution in [3.63, 3.8) is 0 Å². The maximum absolute atomic E-state index is 10.8. The molecular formula is C14H20N2O3. The van der Waals surface area contributed by atoms with E-state index in [1.54, 1.807) is 12.1 Å². The maximum Gasteiger partial charge on any atom is 0.269 e. The van der Waals surface area contributed by atoms with Gasteiger partial charge in [0.1, 0.15) is 0 Å². The third kappa shape index (κ3) is 3.75. The van der Waals surface area contributed by atoms with Crippen molar-refractivity contribution < 1.29 is 9.66 Å². The number of rotatable bonds is 5. The monoisotopic (exact) mass is 264 g/mol. The summed E-state index contributed by atoms with van der Waals surface area (Å²) in [5, 5.41) is 14.4. The van der Waals surface area contributed by atoms with E-state index in [1.165, 1.54) is 6.07 Å². The Morgan fingerprint density at radius 3 is 2.84 bits per heavy atom. The highest BCUT2D eigenvalue weighted by Gasteiger charge is 2.19. The molecule has 0 radical (unpaired) electrons. The molecule has 0 aliphatic carbocycles. The topological polar surface area (TPSA) is 64.4 Å². The van der Waals surface area contributed by atoms with Crippen molar-refractivity contribution in [2.24, 2.45) is 0 Å².